The smallest absolute Gasteiger partial charge is 0.328 e. The van der Waals surface area contributed by atoms with Crippen molar-refractivity contribution in [2.24, 2.45) is 0 Å². The van der Waals surface area contributed by atoms with Gasteiger partial charge in [-0.1, -0.05) is 78.0 Å². The van der Waals surface area contributed by atoms with Crippen LogP contribution in [0.2, 0.25) is 0 Å². The summed E-state index contributed by atoms with van der Waals surface area (Å²) in [5.41, 5.74) is 3.58. The Balaban J connectivity index is 1.33. The summed E-state index contributed by atoms with van der Waals surface area (Å²) in [6.45, 7) is -0.757. The number of carbonyl (C=O) groups excluding carboxylic acids is 2. The van der Waals surface area contributed by atoms with Crippen molar-refractivity contribution in [1.29, 1.82) is 5.26 Å². The number of nitrogens with one attached hydrogen (secondary N) is 1. The van der Waals surface area contributed by atoms with Gasteiger partial charge in [-0.05, 0) is 17.7 Å². The summed E-state index contributed by atoms with van der Waals surface area (Å²) in [6, 6.07) is 27.9. The van der Waals surface area contributed by atoms with E-state index in [0.717, 1.165) is 11.1 Å². The van der Waals surface area contributed by atoms with E-state index in [1.807, 2.05) is 72.8 Å². The second-order valence-corrected chi connectivity index (χ2v) is 7.80. The highest BCUT2D eigenvalue weighted by molar-refractivity contribution is 5.96. The minimum Gasteiger partial charge on any atom is -0.454 e. The Morgan fingerprint density at radius 1 is 0.944 bits per heavy atom. The van der Waals surface area contributed by atoms with Gasteiger partial charge in [0.2, 0.25) is 5.88 Å². The van der Waals surface area contributed by atoms with Crippen LogP contribution in [-0.4, -0.2) is 33.5 Å². The van der Waals surface area contributed by atoms with E-state index in [2.05, 4.69) is 21.7 Å². The molecule has 2 heterocycles. The van der Waals surface area contributed by atoms with Gasteiger partial charge < -0.3 is 9.15 Å². The van der Waals surface area contributed by atoms with Crippen LogP contribution >= 0.6 is 0 Å². The molecule has 5 rings (SSSR count). The number of benzene rings is 3. The number of nitriles is 1. The van der Waals surface area contributed by atoms with E-state index in [1.54, 1.807) is 12.1 Å². The third kappa shape index (κ3) is 4.56. The van der Waals surface area contributed by atoms with Crippen molar-refractivity contribution < 1.29 is 18.7 Å². The minimum atomic E-state index is -0.657. The average Bonchev–Trinajstić information content (AvgIpc) is 3.49. The molecule has 0 saturated heterocycles. The standard InChI is InChI=1S/C27H19N5O4/c28-15-20-25(18-9-3-1-4-10-18)26(19-11-5-2-6-12-19)36-27(20)29-23(33)17-35-24(34)16-32-22-14-8-7-13-21(22)30-31-32/h1-14H,16-17H2,(H,29,33). The van der Waals surface area contributed by atoms with Crippen molar-refractivity contribution in [3.63, 3.8) is 0 Å². The quantitative estimate of drug-likeness (QED) is 0.344. The van der Waals surface area contributed by atoms with Crippen LogP contribution in [0.3, 0.4) is 0 Å². The molecule has 3 aromatic carbocycles. The zero-order valence-electron chi connectivity index (χ0n) is 18.9. The fraction of sp³-hybridized carbons (Fsp3) is 0.0741. The number of nitrogens with zero attached hydrogens (tertiary/aromatic N) is 4. The van der Waals surface area contributed by atoms with Gasteiger partial charge in [-0.3, -0.25) is 14.9 Å². The first-order valence-electron chi connectivity index (χ1n) is 11.1. The molecular weight excluding hydrogens is 458 g/mol. The number of anilines is 1. The van der Waals surface area contributed by atoms with E-state index in [0.29, 0.717) is 22.4 Å². The van der Waals surface area contributed by atoms with Gasteiger partial charge in [-0.25, -0.2) is 4.68 Å². The Morgan fingerprint density at radius 2 is 1.61 bits per heavy atom. The fourth-order valence-electron chi connectivity index (χ4n) is 3.81. The maximum absolute atomic E-state index is 12.6. The SMILES string of the molecule is N#Cc1c(NC(=O)COC(=O)Cn2nnc3ccccc32)oc(-c2ccccc2)c1-c1ccccc1. The lowest BCUT2D eigenvalue weighted by molar-refractivity contribution is -0.148. The molecule has 0 saturated carbocycles. The van der Waals surface area contributed by atoms with E-state index in [-0.39, 0.29) is 18.0 Å². The van der Waals surface area contributed by atoms with Crippen molar-refractivity contribution in [3.8, 4) is 28.5 Å². The number of esters is 1. The van der Waals surface area contributed by atoms with Crippen molar-refractivity contribution >= 4 is 28.8 Å². The first-order chi connectivity index (χ1) is 17.6. The lowest BCUT2D eigenvalue weighted by Crippen LogP contribution is -2.23. The Labute approximate surface area is 205 Å². The minimum absolute atomic E-state index is 0.0153. The lowest BCUT2D eigenvalue weighted by Gasteiger charge is -2.06. The number of rotatable bonds is 7. The number of para-hydroxylation sites is 1. The fourth-order valence-corrected chi connectivity index (χ4v) is 3.81. The Hall–Kier alpha value is -5.23. The van der Waals surface area contributed by atoms with Crippen molar-refractivity contribution in [3.05, 3.63) is 90.5 Å². The Kier molecular flexibility index (Phi) is 6.23. The summed E-state index contributed by atoms with van der Waals surface area (Å²) in [7, 11) is 0. The third-order valence-corrected chi connectivity index (χ3v) is 5.43. The topological polar surface area (TPSA) is 123 Å². The van der Waals surface area contributed by atoms with E-state index in [9.17, 15) is 14.9 Å². The zero-order chi connectivity index (χ0) is 24.9. The third-order valence-electron chi connectivity index (χ3n) is 5.43. The molecule has 0 radical (unpaired) electrons. The molecule has 2 aromatic heterocycles. The molecule has 0 atom stereocenters. The molecule has 0 aliphatic carbocycles. The van der Waals surface area contributed by atoms with Gasteiger partial charge >= 0.3 is 5.97 Å². The van der Waals surface area contributed by atoms with E-state index >= 15 is 0 Å². The van der Waals surface area contributed by atoms with Crippen molar-refractivity contribution in [2.45, 2.75) is 6.54 Å². The number of furan rings is 1. The number of hydrogen-bond acceptors (Lipinski definition) is 7. The van der Waals surface area contributed by atoms with E-state index in [4.69, 9.17) is 9.15 Å². The number of ether oxygens (including phenoxy) is 1. The number of aromatic nitrogens is 3. The van der Waals surface area contributed by atoms with Crippen LogP contribution in [0.5, 0.6) is 0 Å². The van der Waals surface area contributed by atoms with Gasteiger partial charge in [0.15, 0.2) is 6.61 Å². The molecule has 0 fully saturated rings. The molecule has 0 spiro atoms. The van der Waals surface area contributed by atoms with Gasteiger partial charge in [0.25, 0.3) is 5.91 Å². The summed E-state index contributed by atoms with van der Waals surface area (Å²) in [6.07, 6.45) is 0. The molecule has 9 heteroatoms. The molecule has 9 nitrogen and oxygen atoms in total. The van der Waals surface area contributed by atoms with Gasteiger partial charge in [0.05, 0.1) is 5.52 Å². The van der Waals surface area contributed by atoms with Crippen LogP contribution in [0, 0.1) is 11.3 Å². The van der Waals surface area contributed by atoms with Crippen LogP contribution < -0.4 is 5.32 Å². The number of fused-ring (bicyclic) bond motifs is 1. The predicted octanol–water partition coefficient (Wildman–Crippen LogP) is 4.41. The van der Waals surface area contributed by atoms with Crippen LogP contribution in [0.4, 0.5) is 5.88 Å². The van der Waals surface area contributed by atoms with Crippen molar-refractivity contribution in [2.75, 3.05) is 11.9 Å². The van der Waals surface area contributed by atoms with Gasteiger partial charge in [0.1, 0.15) is 29.5 Å². The van der Waals surface area contributed by atoms with E-state index < -0.39 is 18.5 Å². The van der Waals surface area contributed by atoms with Crippen molar-refractivity contribution in [1.82, 2.24) is 15.0 Å². The van der Waals surface area contributed by atoms with Gasteiger partial charge in [-0.15, -0.1) is 5.10 Å². The summed E-state index contributed by atoms with van der Waals surface area (Å²) in [5.74, 6) is -0.866. The van der Waals surface area contributed by atoms with Crippen LogP contribution in [0.15, 0.2) is 89.3 Å². The molecule has 36 heavy (non-hydrogen) atoms. The van der Waals surface area contributed by atoms with Gasteiger partial charge in [-0.2, -0.15) is 5.26 Å². The first kappa shape index (κ1) is 22.6. The molecule has 5 aromatic rings. The number of hydrogen-bond donors (Lipinski definition) is 1. The Bertz CT molecular complexity index is 1580. The number of carbonyl (C=O) groups is 2. The second kappa shape index (κ2) is 9.95. The molecule has 1 N–H and O–H groups in total. The highest BCUT2D eigenvalue weighted by Crippen LogP contribution is 2.41. The molecule has 0 bridgehead atoms. The molecule has 0 aliphatic rings. The zero-order valence-corrected chi connectivity index (χ0v) is 18.9. The van der Waals surface area contributed by atoms with Gasteiger partial charge in [0, 0.05) is 11.1 Å². The molecule has 176 valence electrons. The van der Waals surface area contributed by atoms with E-state index in [1.165, 1.54) is 4.68 Å². The Morgan fingerprint density at radius 3 is 2.33 bits per heavy atom. The summed E-state index contributed by atoms with van der Waals surface area (Å²) >= 11 is 0. The number of amides is 1. The summed E-state index contributed by atoms with van der Waals surface area (Å²) < 4.78 is 12.5. The normalized spacial score (nSPS) is 10.6. The van der Waals surface area contributed by atoms with Crippen LogP contribution in [-0.2, 0) is 20.9 Å². The maximum atomic E-state index is 12.6. The first-order valence-corrected chi connectivity index (χ1v) is 11.1. The molecule has 1 amide bonds. The monoisotopic (exact) mass is 477 g/mol. The summed E-state index contributed by atoms with van der Waals surface area (Å²) in [5, 5.41) is 20.4. The molecular formula is C27H19N5O4. The van der Waals surface area contributed by atoms with Crippen LogP contribution in [0.1, 0.15) is 5.56 Å². The maximum Gasteiger partial charge on any atom is 0.328 e. The average molecular weight is 477 g/mol. The predicted molar refractivity (Wildman–Crippen MR) is 131 cm³/mol. The lowest BCUT2D eigenvalue weighted by atomic mass is 9.98. The molecule has 0 unspecified atom stereocenters. The highest BCUT2D eigenvalue weighted by atomic mass is 16.5. The largest absolute Gasteiger partial charge is 0.454 e. The molecule has 0 aliphatic heterocycles. The van der Waals surface area contributed by atoms with Crippen LogP contribution in [0.25, 0.3) is 33.5 Å². The second-order valence-electron chi connectivity index (χ2n) is 7.80. The summed E-state index contributed by atoms with van der Waals surface area (Å²) in [4.78, 5) is 24.9. The highest BCUT2D eigenvalue weighted by Gasteiger charge is 2.24.